The minimum atomic E-state index is -0.0763. The molecular formula is C19H21N5O3. The van der Waals surface area contributed by atoms with Crippen LogP contribution in [0.4, 0.5) is 5.82 Å². The van der Waals surface area contributed by atoms with Gasteiger partial charge in [0.2, 0.25) is 0 Å². The molecule has 0 atom stereocenters. The van der Waals surface area contributed by atoms with Crippen molar-refractivity contribution in [1.82, 2.24) is 20.0 Å². The summed E-state index contributed by atoms with van der Waals surface area (Å²) in [6.07, 6.45) is 4.83. The number of carbonyl (C=O) groups is 1. The minimum absolute atomic E-state index is 0.0763. The Hall–Kier alpha value is -3.16. The van der Waals surface area contributed by atoms with E-state index >= 15 is 0 Å². The van der Waals surface area contributed by atoms with Crippen molar-refractivity contribution in [2.24, 2.45) is 0 Å². The second-order valence-electron chi connectivity index (χ2n) is 6.35. The molecule has 0 radical (unpaired) electrons. The fourth-order valence-electron chi connectivity index (χ4n) is 3.21. The molecule has 0 spiro atoms. The Kier molecular flexibility index (Phi) is 4.86. The summed E-state index contributed by atoms with van der Waals surface area (Å²) < 4.78 is 10.7. The predicted molar refractivity (Wildman–Crippen MR) is 98.3 cm³/mol. The van der Waals surface area contributed by atoms with E-state index in [2.05, 4.69) is 20.0 Å². The predicted octanol–water partition coefficient (Wildman–Crippen LogP) is 2.64. The SMILES string of the molecule is CCc1noc(-c2cccnc2N2CCCN(C(=O)c3ccco3)CC2)n1. The van der Waals surface area contributed by atoms with Crippen molar-refractivity contribution >= 4 is 11.7 Å². The maximum absolute atomic E-state index is 12.5. The number of hydrogen-bond acceptors (Lipinski definition) is 7. The van der Waals surface area contributed by atoms with Crippen molar-refractivity contribution < 1.29 is 13.7 Å². The molecule has 0 saturated carbocycles. The van der Waals surface area contributed by atoms with E-state index in [0.29, 0.717) is 43.5 Å². The summed E-state index contributed by atoms with van der Waals surface area (Å²) >= 11 is 0. The molecule has 3 aromatic heterocycles. The monoisotopic (exact) mass is 367 g/mol. The molecule has 140 valence electrons. The van der Waals surface area contributed by atoms with Gasteiger partial charge >= 0.3 is 0 Å². The molecule has 0 N–H and O–H groups in total. The van der Waals surface area contributed by atoms with Crippen LogP contribution >= 0.6 is 0 Å². The third kappa shape index (κ3) is 3.55. The first-order valence-electron chi connectivity index (χ1n) is 9.12. The van der Waals surface area contributed by atoms with Crippen LogP contribution < -0.4 is 4.90 Å². The number of carbonyl (C=O) groups excluding carboxylic acids is 1. The van der Waals surface area contributed by atoms with Gasteiger partial charge in [0.05, 0.1) is 11.8 Å². The molecule has 4 rings (SSSR count). The summed E-state index contributed by atoms with van der Waals surface area (Å²) in [4.78, 5) is 25.5. The lowest BCUT2D eigenvalue weighted by Gasteiger charge is -2.23. The molecule has 0 bridgehead atoms. The van der Waals surface area contributed by atoms with E-state index in [1.54, 1.807) is 18.3 Å². The molecule has 0 unspecified atom stereocenters. The first kappa shape index (κ1) is 17.3. The minimum Gasteiger partial charge on any atom is -0.459 e. The molecule has 27 heavy (non-hydrogen) atoms. The van der Waals surface area contributed by atoms with Crippen LogP contribution in [0.2, 0.25) is 0 Å². The molecule has 8 heteroatoms. The van der Waals surface area contributed by atoms with Gasteiger partial charge in [-0.1, -0.05) is 12.1 Å². The van der Waals surface area contributed by atoms with Gasteiger partial charge in [0.1, 0.15) is 5.82 Å². The second-order valence-corrected chi connectivity index (χ2v) is 6.35. The third-order valence-electron chi connectivity index (χ3n) is 4.62. The van der Waals surface area contributed by atoms with Crippen molar-refractivity contribution in [1.29, 1.82) is 0 Å². The quantitative estimate of drug-likeness (QED) is 0.700. The smallest absolute Gasteiger partial charge is 0.289 e. The zero-order valence-electron chi connectivity index (χ0n) is 15.2. The maximum Gasteiger partial charge on any atom is 0.289 e. The molecule has 1 amide bonds. The molecule has 4 heterocycles. The number of nitrogens with zero attached hydrogens (tertiary/aromatic N) is 5. The topological polar surface area (TPSA) is 88.5 Å². The lowest BCUT2D eigenvalue weighted by Crippen LogP contribution is -2.35. The van der Waals surface area contributed by atoms with Crippen LogP contribution in [0, 0.1) is 0 Å². The molecule has 1 aliphatic heterocycles. The number of furan rings is 1. The van der Waals surface area contributed by atoms with Crippen LogP contribution in [0.3, 0.4) is 0 Å². The maximum atomic E-state index is 12.5. The molecule has 3 aromatic rings. The molecule has 8 nitrogen and oxygen atoms in total. The summed E-state index contributed by atoms with van der Waals surface area (Å²) in [7, 11) is 0. The average Bonchev–Trinajstić information content (AvgIpc) is 3.35. The Labute approximate surface area is 156 Å². The Balaban J connectivity index is 1.54. The highest BCUT2D eigenvalue weighted by atomic mass is 16.5. The number of rotatable bonds is 4. The Bertz CT molecular complexity index is 906. The van der Waals surface area contributed by atoms with E-state index in [-0.39, 0.29) is 5.91 Å². The van der Waals surface area contributed by atoms with Crippen LogP contribution in [0.1, 0.15) is 29.7 Å². The molecule has 1 saturated heterocycles. The van der Waals surface area contributed by atoms with Gasteiger partial charge in [-0.05, 0) is 30.7 Å². The summed E-state index contributed by atoms with van der Waals surface area (Å²) in [5.41, 5.74) is 0.815. The fourth-order valence-corrected chi connectivity index (χ4v) is 3.21. The zero-order valence-corrected chi connectivity index (χ0v) is 15.2. The van der Waals surface area contributed by atoms with E-state index in [9.17, 15) is 4.79 Å². The standard InChI is InChI=1S/C19H21N5O3/c1-2-16-21-18(27-22-16)14-6-3-8-20-17(14)23-9-5-10-24(12-11-23)19(25)15-7-4-13-26-15/h3-4,6-8,13H,2,5,9-12H2,1H3. The molecular weight excluding hydrogens is 346 g/mol. The van der Waals surface area contributed by atoms with Gasteiger partial charge < -0.3 is 18.7 Å². The molecule has 0 aromatic carbocycles. The molecule has 1 aliphatic rings. The lowest BCUT2D eigenvalue weighted by atomic mass is 10.2. The van der Waals surface area contributed by atoms with Crippen LogP contribution in [0.15, 0.2) is 45.7 Å². The number of pyridine rings is 1. The van der Waals surface area contributed by atoms with Gasteiger partial charge in [0.25, 0.3) is 11.8 Å². The number of amides is 1. The van der Waals surface area contributed by atoms with Gasteiger partial charge in [0.15, 0.2) is 11.6 Å². The van der Waals surface area contributed by atoms with E-state index in [0.717, 1.165) is 24.3 Å². The van der Waals surface area contributed by atoms with Gasteiger partial charge in [-0.3, -0.25) is 4.79 Å². The van der Waals surface area contributed by atoms with Crippen LogP contribution in [0.25, 0.3) is 11.5 Å². The van der Waals surface area contributed by atoms with E-state index in [1.807, 2.05) is 24.0 Å². The summed E-state index contributed by atoms with van der Waals surface area (Å²) in [6, 6.07) is 7.22. The van der Waals surface area contributed by atoms with Crippen molar-refractivity contribution in [2.75, 3.05) is 31.1 Å². The van der Waals surface area contributed by atoms with E-state index in [4.69, 9.17) is 8.94 Å². The largest absolute Gasteiger partial charge is 0.459 e. The first-order valence-corrected chi connectivity index (χ1v) is 9.12. The fraction of sp³-hybridized carbons (Fsp3) is 0.368. The van der Waals surface area contributed by atoms with Crippen molar-refractivity contribution in [3.05, 3.63) is 48.3 Å². The summed E-state index contributed by atoms with van der Waals surface area (Å²) in [5, 5.41) is 3.98. The third-order valence-corrected chi connectivity index (χ3v) is 4.62. The van der Waals surface area contributed by atoms with Gasteiger partial charge in [-0.25, -0.2) is 4.98 Å². The van der Waals surface area contributed by atoms with Crippen molar-refractivity contribution in [3.63, 3.8) is 0 Å². The van der Waals surface area contributed by atoms with E-state index in [1.165, 1.54) is 6.26 Å². The van der Waals surface area contributed by atoms with Crippen LogP contribution in [-0.4, -0.2) is 52.1 Å². The number of aryl methyl sites for hydroxylation is 1. The highest BCUT2D eigenvalue weighted by Crippen LogP contribution is 2.28. The van der Waals surface area contributed by atoms with Crippen LogP contribution in [-0.2, 0) is 6.42 Å². The van der Waals surface area contributed by atoms with Gasteiger partial charge in [0, 0.05) is 38.8 Å². The summed E-state index contributed by atoms with van der Waals surface area (Å²) in [5.74, 6) is 2.25. The Morgan fingerprint density at radius 1 is 1.19 bits per heavy atom. The van der Waals surface area contributed by atoms with Gasteiger partial charge in [-0.2, -0.15) is 4.98 Å². The Morgan fingerprint density at radius 3 is 2.89 bits per heavy atom. The number of hydrogen-bond donors (Lipinski definition) is 0. The van der Waals surface area contributed by atoms with Crippen molar-refractivity contribution in [2.45, 2.75) is 19.8 Å². The number of aromatic nitrogens is 3. The van der Waals surface area contributed by atoms with Gasteiger partial charge in [-0.15, -0.1) is 0 Å². The number of anilines is 1. The zero-order chi connectivity index (χ0) is 18.6. The normalized spacial score (nSPS) is 15.0. The highest BCUT2D eigenvalue weighted by molar-refractivity contribution is 5.91. The van der Waals surface area contributed by atoms with Crippen molar-refractivity contribution in [3.8, 4) is 11.5 Å². The van der Waals surface area contributed by atoms with Crippen LogP contribution in [0.5, 0.6) is 0 Å². The Morgan fingerprint density at radius 2 is 2.11 bits per heavy atom. The molecule has 0 aliphatic carbocycles. The second kappa shape index (κ2) is 7.61. The highest BCUT2D eigenvalue weighted by Gasteiger charge is 2.24. The average molecular weight is 367 g/mol. The molecule has 1 fully saturated rings. The van der Waals surface area contributed by atoms with E-state index < -0.39 is 0 Å². The lowest BCUT2D eigenvalue weighted by molar-refractivity contribution is 0.0735. The summed E-state index contributed by atoms with van der Waals surface area (Å²) in [6.45, 7) is 4.72. The first-order chi connectivity index (χ1) is 13.3.